The zero-order valence-corrected chi connectivity index (χ0v) is 16.7. The fourth-order valence-corrected chi connectivity index (χ4v) is 4.09. The lowest BCUT2D eigenvalue weighted by Gasteiger charge is -2.25. The SMILES string of the molecule is CN(C)C(CNS(=O)(=O)c1ccc(Cl)c(C(=O)O)c1)c1ccc2c(c1)OCO2. The third kappa shape index (κ3) is 4.22. The third-order valence-corrected chi connectivity index (χ3v) is 6.10. The van der Waals surface area contributed by atoms with Crippen LogP contribution in [0.15, 0.2) is 41.3 Å². The first-order valence-corrected chi connectivity index (χ1v) is 10.1. The summed E-state index contributed by atoms with van der Waals surface area (Å²) in [5.74, 6) is -0.0474. The molecule has 0 radical (unpaired) electrons. The summed E-state index contributed by atoms with van der Waals surface area (Å²) in [6, 6.07) is 8.71. The minimum absolute atomic E-state index is 0.0297. The van der Waals surface area contributed by atoms with Gasteiger partial charge < -0.3 is 19.5 Å². The summed E-state index contributed by atoms with van der Waals surface area (Å²) in [6.45, 7) is 0.223. The normalized spacial score (nSPS) is 14.3. The molecular weight excluding hydrogens is 408 g/mol. The molecule has 2 N–H and O–H groups in total. The van der Waals surface area contributed by atoms with Gasteiger partial charge in [-0.1, -0.05) is 17.7 Å². The maximum absolute atomic E-state index is 12.7. The largest absolute Gasteiger partial charge is 0.478 e. The number of carboxylic acids is 1. The van der Waals surface area contributed by atoms with Gasteiger partial charge in [-0.3, -0.25) is 0 Å². The first kappa shape index (κ1) is 20.4. The van der Waals surface area contributed by atoms with Crippen LogP contribution < -0.4 is 14.2 Å². The Labute approximate surface area is 167 Å². The first-order chi connectivity index (χ1) is 13.2. The van der Waals surface area contributed by atoms with Crippen LogP contribution in [0, 0.1) is 0 Å². The van der Waals surface area contributed by atoms with Gasteiger partial charge in [0.1, 0.15) is 0 Å². The number of nitrogens with zero attached hydrogens (tertiary/aromatic N) is 1. The molecular formula is C18H19ClN2O6S. The van der Waals surface area contributed by atoms with Gasteiger partial charge in [0.25, 0.3) is 0 Å². The number of carbonyl (C=O) groups is 1. The fraction of sp³-hybridized carbons (Fsp3) is 0.278. The summed E-state index contributed by atoms with van der Waals surface area (Å²) in [6.07, 6.45) is 0. The van der Waals surface area contributed by atoms with Crippen LogP contribution >= 0.6 is 11.6 Å². The van der Waals surface area contributed by atoms with Crippen molar-refractivity contribution >= 4 is 27.6 Å². The Morgan fingerprint density at radius 1 is 1.21 bits per heavy atom. The summed E-state index contributed by atoms with van der Waals surface area (Å²) >= 11 is 5.81. The van der Waals surface area contributed by atoms with Crippen molar-refractivity contribution in [3.8, 4) is 11.5 Å². The summed E-state index contributed by atoms with van der Waals surface area (Å²) in [5, 5.41) is 9.11. The maximum atomic E-state index is 12.7. The summed E-state index contributed by atoms with van der Waals surface area (Å²) in [5.41, 5.74) is 0.573. The number of likely N-dealkylation sites (N-methyl/N-ethyl adjacent to an activating group) is 1. The lowest BCUT2D eigenvalue weighted by molar-refractivity contribution is 0.0697. The molecule has 1 heterocycles. The van der Waals surface area contributed by atoms with Crippen molar-refractivity contribution in [1.29, 1.82) is 0 Å². The van der Waals surface area contributed by atoms with Gasteiger partial charge in [0, 0.05) is 12.6 Å². The number of hydrogen-bond acceptors (Lipinski definition) is 6. The van der Waals surface area contributed by atoms with E-state index in [1.54, 1.807) is 6.07 Å². The number of sulfonamides is 1. The molecule has 8 nitrogen and oxygen atoms in total. The topological polar surface area (TPSA) is 105 Å². The summed E-state index contributed by atoms with van der Waals surface area (Å²) in [4.78, 5) is 12.9. The van der Waals surface area contributed by atoms with Gasteiger partial charge in [-0.2, -0.15) is 0 Å². The van der Waals surface area contributed by atoms with E-state index in [4.69, 9.17) is 26.2 Å². The summed E-state index contributed by atoms with van der Waals surface area (Å²) in [7, 11) is -0.280. The lowest BCUT2D eigenvalue weighted by Crippen LogP contribution is -2.34. The molecule has 0 saturated carbocycles. The van der Waals surface area contributed by atoms with Crippen molar-refractivity contribution in [1.82, 2.24) is 9.62 Å². The molecule has 0 aromatic heterocycles. The van der Waals surface area contributed by atoms with Gasteiger partial charge in [-0.05, 0) is 50.0 Å². The Hall–Kier alpha value is -2.33. The molecule has 28 heavy (non-hydrogen) atoms. The van der Waals surface area contributed by atoms with Gasteiger partial charge in [-0.25, -0.2) is 17.9 Å². The van der Waals surface area contributed by atoms with E-state index in [0.29, 0.717) is 11.5 Å². The fourth-order valence-electron chi connectivity index (χ4n) is 2.83. The second kappa shape index (κ2) is 7.96. The van der Waals surface area contributed by atoms with Crippen molar-refractivity contribution in [2.45, 2.75) is 10.9 Å². The van der Waals surface area contributed by atoms with E-state index in [-0.39, 0.29) is 34.9 Å². The van der Waals surface area contributed by atoms with Crippen LogP contribution in [-0.4, -0.2) is 51.8 Å². The molecule has 2 aromatic rings. The minimum Gasteiger partial charge on any atom is -0.478 e. The van der Waals surface area contributed by atoms with Gasteiger partial charge in [-0.15, -0.1) is 0 Å². The zero-order valence-electron chi connectivity index (χ0n) is 15.2. The van der Waals surface area contributed by atoms with Crippen molar-refractivity contribution in [2.24, 2.45) is 0 Å². The Balaban J connectivity index is 1.82. The Kier molecular flexibility index (Phi) is 5.80. The monoisotopic (exact) mass is 426 g/mol. The number of carboxylic acid groups (broad SMARTS) is 1. The Bertz CT molecular complexity index is 1010. The standard InChI is InChI=1S/C18H19ClN2O6S/c1-21(2)15(11-3-6-16-17(7-11)27-10-26-16)9-20-28(24,25)12-4-5-14(19)13(8-12)18(22)23/h3-8,15,20H,9-10H2,1-2H3,(H,22,23). The van der Waals surface area contributed by atoms with E-state index in [9.17, 15) is 13.2 Å². The molecule has 2 aromatic carbocycles. The second-order valence-electron chi connectivity index (χ2n) is 6.39. The van der Waals surface area contributed by atoms with Gasteiger partial charge in [0.15, 0.2) is 11.5 Å². The molecule has 3 rings (SSSR count). The van der Waals surface area contributed by atoms with E-state index in [1.165, 1.54) is 12.1 Å². The number of nitrogens with one attached hydrogen (secondary N) is 1. The number of hydrogen-bond donors (Lipinski definition) is 2. The number of rotatable bonds is 7. The summed E-state index contributed by atoms with van der Waals surface area (Å²) < 4.78 is 38.5. The molecule has 0 fully saturated rings. The maximum Gasteiger partial charge on any atom is 0.337 e. The second-order valence-corrected chi connectivity index (χ2v) is 8.56. The molecule has 1 aliphatic heterocycles. The van der Waals surface area contributed by atoms with Crippen LogP contribution in [-0.2, 0) is 10.0 Å². The molecule has 0 bridgehead atoms. The molecule has 0 aliphatic carbocycles. The van der Waals surface area contributed by atoms with Gasteiger partial charge in [0.2, 0.25) is 16.8 Å². The van der Waals surface area contributed by atoms with Gasteiger partial charge >= 0.3 is 5.97 Å². The Morgan fingerprint density at radius 2 is 1.93 bits per heavy atom. The lowest BCUT2D eigenvalue weighted by atomic mass is 10.1. The highest BCUT2D eigenvalue weighted by atomic mass is 35.5. The first-order valence-electron chi connectivity index (χ1n) is 8.27. The molecule has 0 saturated heterocycles. The molecule has 0 spiro atoms. The molecule has 1 atom stereocenters. The van der Waals surface area contributed by atoms with Crippen molar-refractivity contribution in [2.75, 3.05) is 27.4 Å². The third-order valence-electron chi connectivity index (χ3n) is 4.35. The minimum atomic E-state index is -3.94. The number of halogens is 1. The molecule has 0 amide bonds. The van der Waals surface area contributed by atoms with Crippen molar-refractivity contribution in [3.05, 3.63) is 52.5 Å². The molecule has 1 unspecified atom stereocenters. The van der Waals surface area contributed by atoms with Crippen LogP contribution in [0.3, 0.4) is 0 Å². The predicted octanol–water partition coefficient (Wildman–Crippen LogP) is 2.35. The molecule has 10 heteroatoms. The Morgan fingerprint density at radius 3 is 2.61 bits per heavy atom. The van der Waals surface area contributed by atoms with Crippen LogP contribution in [0.5, 0.6) is 11.5 Å². The van der Waals surface area contributed by atoms with Crippen LogP contribution in [0.4, 0.5) is 0 Å². The van der Waals surface area contributed by atoms with E-state index < -0.39 is 16.0 Å². The van der Waals surface area contributed by atoms with Crippen LogP contribution in [0.2, 0.25) is 5.02 Å². The van der Waals surface area contributed by atoms with E-state index in [0.717, 1.165) is 11.6 Å². The highest BCUT2D eigenvalue weighted by molar-refractivity contribution is 7.89. The highest BCUT2D eigenvalue weighted by Crippen LogP contribution is 2.35. The average Bonchev–Trinajstić information content (AvgIpc) is 3.09. The number of ether oxygens (including phenoxy) is 2. The van der Waals surface area contributed by atoms with E-state index in [1.807, 2.05) is 31.1 Å². The number of aromatic carboxylic acids is 1. The highest BCUT2D eigenvalue weighted by Gasteiger charge is 2.23. The molecule has 150 valence electrons. The average molecular weight is 427 g/mol. The predicted molar refractivity (Wildman–Crippen MR) is 103 cm³/mol. The van der Waals surface area contributed by atoms with Crippen molar-refractivity contribution in [3.63, 3.8) is 0 Å². The van der Waals surface area contributed by atoms with E-state index >= 15 is 0 Å². The van der Waals surface area contributed by atoms with E-state index in [2.05, 4.69) is 4.72 Å². The van der Waals surface area contributed by atoms with Gasteiger partial charge in [0.05, 0.1) is 15.5 Å². The zero-order chi connectivity index (χ0) is 20.5. The smallest absolute Gasteiger partial charge is 0.337 e. The number of benzene rings is 2. The van der Waals surface area contributed by atoms with Crippen molar-refractivity contribution < 1.29 is 27.8 Å². The molecule has 1 aliphatic rings. The number of fused-ring (bicyclic) bond motifs is 1. The quantitative estimate of drug-likeness (QED) is 0.700. The van der Waals surface area contributed by atoms with Crippen LogP contribution in [0.1, 0.15) is 22.0 Å². The van der Waals surface area contributed by atoms with Crippen LogP contribution in [0.25, 0.3) is 0 Å².